The van der Waals surface area contributed by atoms with Crippen LogP contribution in [0.1, 0.15) is 28.8 Å². The number of carboxylic acid groups (broad SMARTS) is 1. The third-order valence-electron chi connectivity index (χ3n) is 2.86. The normalized spacial score (nSPS) is 14.4. The number of amides is 1. The van der Waals surface area contributed by atoms with Gasteiger partial charge in [-0.15, -0.1) is 0 Å². The Hall–Kier alpha value is -1.84. The third-order valence-corrected chi connectivity index (χ3v) is 2.86. The summed E-state index contributed by atoms with van der Waals surface area (Å²) >= 11 is 0. The van der Waals surface area contributed by atoms with Gasteiger partial charge in [0.05, 0.1) is 5.56 Å². The Morgan fingerprint density at radius 1 is 1.24 bits per heavy atom. The van der Waals surface area contributed by atoms with Crippen LogP contribution in [0, 0.1) is 5.92 Å². The highest BCUT2D eigenvalue weighted by atomic mass is 16.4. The number of hydrogen-bond acceptors (Lipinski definition) is 2. The zero-order valence-electron chi connectivity index (χ0n) is 9.48. The molecule has 0 unspecified atom stereocenters. The Labute approximate surface area is 99.6 Å². The van der Waals surface area contributed by atoms with Crippen molar-refractivity contribution in [1.82, 2.24) is 5.32 Å². The Morgan fingerprint density at radius 3 is 2.41 bits per heavy atom. The molecule has 1 saturated carbocycles. The molecule has 0 heterocycles. The molecule has 0 atom stereocenters. The molecule has 0 saturated heterocycles. The van der Waals surface area contributed by atoms with Crippen molar-refractivity contribution in [3.05, 3.63) is 35.4 Å². The average molecular weight is 233 g/mol. The molecule has 17 heavy (non-hydrogen) atoms. The molecule has 1 aliphatic rings. The van der Waals surface area contributed by atoms with Gasteiger partial charge in [0.1, 0.15) is 0 Å². The molecule has 90 valence electrons. The second-order valence-electron chi connectivity index (χ2n) is 4.32. The molecule has 1 aliphatic carbocycles. The van der Waals surface area contributed by atoms with Crippen molar-refractivity contribution in [3.8, 4) is 0 Å². The Bertz CT molecular complexity index is 421. The molecular formula is C13H15NO3. The van der Waals surface area contributed by atoms with Crippen LogP contribution in [0.15, 0.2) is 24.3 Å². The molecule has 2 rings (SSSR count). The van der Waals surface area contributed by atoms with Crippen molar-refractivity contribution in [2.24, 2.45) is 5.92 Å². The molecule has 2 N–H and O–H groups in total. The summed E-state index contributed by atoms with van der Waals surface area (Å²) in [5, 5.41) is 11.6. The van der Waals surface area contributed by atoms with Gasteiger partial charge < -0.3 is 10.4 Å². The molecule has 4 nitrogen and oxygen atoms in total. The van der Waals surface area contributed by atoms with E-state index in [4.69, 9.17) is 5.11 Å². The van der Waals surface area contributed by atoms with E-state index in [2.05, 4.69) is 5.32 Å². The first-order chi connectivity index (χ1) is 8.16. The van der Waals surface area contributed by atoms with Crippen molar-refractivity contribution in [3.63, 3.8) is 0 Å². The number of carbonyl (C=O) groups is 2. The van der Waals surface area contributed by atoms with Crippen LogP contribution in [-0.2, 0) is 11.2 Å². The lowest BCUT2D eigenvalue weighted by molar-refractivity contribution is -0.122. The summed E-state index contributed by atoms with van der Waals surface area (Å²) in [5.74, 6) is -0.532. The van der Waals surface area contributed by atoms with E-state index in [1.54, 1.807) is 24.3 Å². The van der Waals surface area contributed by atoms with Crippen molar-refractivity contribution in [1.29, 1.82) is 0 Å². The summed E-state index contributed by atoms with van der Waals surface area (Å²) in [6.45, 7) is 0.613. The summed E-state index contributed by atoms with van der Waals surface area (Å²) in [6.07, 6.45) is 2.76. The van der Waals surface area contributed by atoms with Gasteiger partial charge in [0.15, 0.2) is 0 Å². The maximum Gasteiger partial charge on any atom is 0.335 e. The molecule has 1 amide bonds. The van der Waals surface area contributed by atoms with Crippen LogP contribution >= 0.6 is 0 Å². The van der Waals surface area contributed by atoms with Crippen molar-refractivity contribution in [2.45, 2.75) is 19.3 Å². The van der Waals surface area contributed by atoms with E-state index in [9.17, 15) is 9.59 Å². The second-order valence-corrected chi connectivity index (χ2v) is 4.32. The van der Waals surface area contributed by atoms with Crippen LogP contribution in [0.4, 0.5) is 0 Å². The molecule has 4 heteroatoms. The largest absolute Gasteiger partial charge is 0.478 e. The van der Waals surface area contributed by atoms with Crippen molar-refractivity contribution >= 4 is 11.9 Å². The average Bonchev–Trinajstić information content (AvgIpc) is 3.13. The Morgan fingerprint density at radius 2 is 1.88 bits per heavy atom. The molecule has 0 spiro atoms. The van der Waals surface area contributed by atoms with Crippen LogP contribution in [0.2, 0.25) is 0 Å². The van der Waals surface area contributed by atoms with Gasteiger partial charge in [0.25, 0.3) is 0 Å². The first kappa shape index (κ1) is 11.6. The lowest BCUT2D eigenvalue weighted by atomic mass is 10.1. The van der Waals surface area contributed by atoms with Gasteiger partial charge in [0.2, 0.25) is 5.91 Å². The predicted octanol–water partition coefficient (Wildman–Crippen LogP) is 1.45. The zero-order valence-corrected chi connectivity index (χ0v) is 9.48. The minimum atomic E-state index is -0.918. The summed E-state index contributed by atoms with van der Waals surface area (Å²) in [7, 11) is 0. The highest BCUT2D eigenvalue weighted by molar-refractivity contribution is 5.87. The van der Waals surface area contributed by atoms with Crippen LogP contribution in [0.5, 0.6) is 0 Å². The molecule has 0 aliphatic heterocycles. The number of carbonyl (C=O) groups excluding carboxylic acids is 1. The lowest BCUT2D eigenvalue weighted by Crippen LogP contribution is -2.26. The third kappa shape index (κ3) is 3.31. The van der Waals surface area contributed by atoms with Gasteiger partial charge in [-0.1, -0.05) is 12.1 Å². The number of benzene rings is 1. The summed E-state index contributed by atoms with van der Waals surface area (Å²) in [6, 6.07) is 6.74. The van der Waals surface area contributed by atoms with Crippen molar-refractivity contribution < 1.29 is 14.7 Å². The van der Waals surface area contributed by atoms with Crippen LogP contribution < -0.4 is 5.32 Å². The number of rotatable bonds is 5. The van der Waals surface area contributed by atoms with E-state index >= 15 is 0 Å². The minimum Gasteiger partial charge on any atom is -0.478 e. The first-order valence-corrected chi connectivity index (χ1v) is 5.77. The van der Waals surface area contributed by atoms with Gasteiger partial charge in [-0.2, -0.15) is 0 Å². The van der Waals surface area contributed by atoms with Crippen LogP contribution in [-0.4, -0.2) is 23.5 Å². The predicted molar refractivity (Wildman–Crippen MR) is 62.8 cm³/mol. The van der Waals surface area contributed by atoms with Crippen LogP contribution in [0.25, 0.3) is 0 Å². The van der Waals surface area contributed by atoms with E-state index in [0.29, 0.717) is 6.54 Å². The first-order valence-electron chi connectivity index (χ1n) is 5.77. The fourth-order valence-corrected chi connectivity index (χ4v) is 1.63. The molecule has 1 fully saturated rings. The van der Waals surface area contributed by atoms with Gasteiger partial charge in [-0.05, 0) is 37.0 Å². The molecule has 0 bridgehead atoms. The Balaban J connectivity index is 1.78. The van der Waals surface area contributed by atoms with Gasteiger partial charge >= 0.3 is 5.97 Å². The maximum absolute atomic E-state index is 11.4. The summed E-state index contributed by atoms with van der Waals surface area (Å²) < 4.78 is 0. The lowest BCUT2D eigenvalue weighted by Gasteiger charge is -2.04. The maximum atomic E-state index is 11.4. The van der Waals surface area contributed by atoms with Gasteiger partial charge in [-0.3, -0.25) is 4.79 Å². The van der Waals surface area contributed by atoms with E-state index in [-0.39, 0.29) is 17.4 Å². The monoisotopic (exact) mass is 233 g/mol. The standard InChI is InChI=1S/C13H15NO3/c15-12(10-5-6-10)14-8-7-9-1-3-11(4-2-9)13(16)17/h1-4,10H,5-8H2,(H,14,15)(H,16,17). The Kier molecular flexibility index (Phi) is 3.42. The van der Waals surface area contributed by atoms with Gasteiger partial charge in [-0.25, -0.2) is 4.79 Å². The number of carboxylic acids is 1. The molecule has 0 radical (unpaired) electrons. The van der Waals surface area contributed by atoms with Gasteiger partial charge in [0, 0.05) is 12.5 Å². The highest BCUT2D eigenvalue weighted by Crippen LogP contribution is 2.28. The summed E-state index contributed by atoms with van der Waals surface area (Å²) in [4.78, 5) is 22.0. The van der Waals surface area contributed by atoms with E-state index in [0.717, 1.165) is 24.8 Å². The van der Waals surface area contributed by atoms with E-state index < -0.39 is 5.97 Å². The molecule has 1 aromatic carbocycles. The molecular weight excluding hydrogens is 218 g/mol. The summed E-state index contributed by atoms with van der Waals surface area (Å²) in [5.41, 5.74) is 1.32. The SMILES string of the molecule is O=C(O)c1ccc(CCNC(=O)C2CC2)cc1. The second kappa shape index (κ2) is 4.99. The quantitative estimate of drug-likeness (QED) is 0.809. The number of hydrogen-bond donors (Lipinski definition) is 2. The topological polar surface area (TPSA) is 66.4 Å². The number of nitrogens with one attached hydrogen (secondary N) is 1. The fourth-order valence-electron chi connectivity index (χ4n) is 1.63. The van der Waals surface area contributed by atoms with E-state index in [1.165, 1.54) is 0 Å². The van der Waals surface area contributed by atoms with Crippen molar-refractivity contribution in [2.75, 3.05) is 6.54 Å². The highest BCUT2D eigenvalue weighted by Gasteiger charge is 2.28. The van der Waals surface area contributed by atoms with Crippen LogP contribution in [0.3, 0.4) is 0 Å². The molecule has 0 aromatic heterocycles. The molecule has 1 aromatic rings. The number of aromatic carboxylic acids is 1. The minimum absolute atomic E-state index is 0.146. The van der Waals surface area contributed by atoms with E-state index in [1.807, 2.05) is 0 Å². The zero-order chi connectivity index (χ0) is 12.3. The smallest absolute Gasteiger partial charge is 0.335 e. The fraction of sp³-hybridized carbons (Fsp3) is 0.385.